The summed E-state index contributed by atoms with van der Waals surface area (Å²) in [5, 5.41) is 8.41. The highest BCUT2D eigenvalue weighted by molar-refractivity contribution is 4.84. The zero-order chi connectivity index (χ0) is 7.28. The fourth-order valence-electron chi connectivity index (χ4n) is 0.357. The average molecular weight is 134 g/mol. The number of terminal acetylenes is 1. The Hall–Kier alpha value is -0.620. The Balaban J connectivity index is 3.29. The lowest BCUT2D eigenvalue weighted by Crippen LogP contribution is -2.16. The molecule has 0 radical (unpaired) electrons. The predicted octanol–water partition coefficient (Wildman–Crippen LogP) is 1.03. The molecule has 0 heterocycles. The molecule has 0 aromatic carbocycles. The van der Waals surface area contributed by atoms with Gasteiger partial charge in [-0.2, -0.15) is 0 Å². The van der Waals surface area contributed by atoms with Gasteiger partial charge < -0.3 is 5.11 Å². The van der Waals surface area contributed by atoms with Crippen LogP contribution in [-0.2, 0) is 0 Å². The Morgan fingerprint density at radius 2 is 2.11 bits per heavy atom. The van der Waals surface area contributed by atoms with Gasteiger partial charge in [0.25, 0.3) is 6.43 Å². The molecule has 52 valence electrons. The number of hydrogen-bond donors (Lipinski definition) is 1. The summed E-state index contributed by atoms with van der Waals surface area (Å²) in [5.41, 5.74) is 0. The van der Waals surface area contributed by atoms with Gasteiger partial charge in [-0.05, 0) is 6.42 Å². The summed E-state index contributed by atoms with van der Waals surface area (Å²) < 4.78 is 22.9. The van der Waals surface area contributed by atoms with Gasteiger partial charge in [0.1, 0.15) is 6.10 Å². The average Bonchev–Trinajstić information content (AvgIpc) is 1.82. The molecule has 3 heteroatoms. The van der Waals surface area contributed by atoms with Gasteiger partial charge >= 0.3 is 0 Å². The zero-order valence-electron chi connectivity index (χ0n) is 4.85. The van der Waals surface area contributed by atoms with E-state index in [1.54, 1.807) is 0 Å². The van der Waals surface area contributed by atoms with Crippen LogP contribution in [0.1, 0.15) is 12.8 Å². The van der Waals surface area contributed by atoms with Crippen LogP contribution in [0.4, 0.5) is 8.78 Å². The molecule has 0 spiro atoms. The second-order valence-corrected chi connectivity index (χ2v) is 1.64. The van der Waals surface area contributed by atoms with Gasteiger partial charge in [-0.1, -0.05) is 0 Å². The first-order valence-corrected chi connectivity index (χ1v) is 2.58. The largest absolute Gasteiger partial charge is 0.387 e. The summed E-state index contributed by atoms with van der Waals surface area (Å²) >= 11 is 0. The molecule has 0 saturated carbocycles. The molecule has 0 saturated heterocycles. The van der Waals surface area contributed by atoms with Crippen molar-refractivity contribution in [3.63, 3.8) is 0 Å². The summed E-state index contributed by atoms with van der Waals surface area (Å²) in [7, 11) is 0. The molecule has 1 N–H and O–H groups in total. The third-order valence-corrected chi connectivity index (χ3v) is 0.875. The molecule has 0 aliphatic heterocycles. The molecule has 1 atom stereocenters. The van der Waals surface area contributed by atoms with E-state index in [4.69, 9.17) is 11.5 Å². The Morgan fingerprint density at radius 3 is 2.44 bits per heavy atom. The lowest BCUT2D eigenvalue weighted by atomic mass is 10.2. The number of rotatable bonds is 3. The van der Waals surface area contributed by atoms with E-state index in [0.29, 0.717) is 0 Å². The van der Waals surface area contributed by atoms with Crippen LogP contribution in [0, 0.1) is 12.3 Å². The number of alkyl halides is 2. The lowest BCUT2D eigenvalue weighted by Gasteiger charge is -2.04. The van der Waals surface area contributed by atoms with Crippen molar-refractivity contribution in [2.45, 2.75) is 25.4 Å². The first-order valence-electron chi connectivity index (χ1n) is 2.58. The first-order chi connectivity index (χ1) is 4.18. The van der Waals surface area contributed by atoms with Crippen molar-refractivity contribution in [1.82, 2.24) is 0 Å². The lowest BCUT2D eigenvalue weighted by molar-refractivity contribution is -0.00784. The van der Waals surface area contributed by atoms with Gasteiger partial charge in [-0.25, -0.2) is 8.78 Å². The molecule has 1 unspecified atom stereocenters. The van der Waals surface area contributed by atoms with Gasteiger partial charge in [0.15, 0.2) is 0 Å². The summed E-state index contributed by atoms with van der Waals surface area (Å²) in [6.07, 6.45) is 0.728. The van der Waals surface area contributed by atoms with Crippen molar-refractivity contribution < 1.29 is 13.9 Å². The molecular weight excluding hydrogens is 126 g/mol. The molecule has 0 aromatic rings. The minimum Gasteiger partial charge on any atom is -0.387 e. The molecule has 0 bridgehead atoms. The first kappa shape index (κ1) is 8.38. The second kappa shape index (κ2) is 4.28. The van der Waals surface area contributed by atoms with E-state index in [1.165, 1.54) is 0 Å². The standard InChI is InChI=1S/C6H8F2O/c1-2-3-4-5(9)6(7)8/h1,5-6,9H,3-4H2. The fourth-order valence-corrected chi connectivity index (χ4v) is 0.357. The fraction of sp³-hybridized carbons (Fsp3) is 0.667. The second-order valence-electron chi connectivity index (χ2n) is 1.64. The van der Waals surface area contributed by atoms with Gasteiger partial charge in [-0.15, -0.1) is 12.3 Å². The highest BCUT2D eigenvalue weighted by Crippen LogP contribution is 2.05. The van der Waals surface area contributed by atoms with Gasteiger partial charge in [0.2, 0.25) is 0 Å². The number of hydrogen-bond acceptors (Lipinski definition) is 1. The van der Waals surface area contributed by atoms with E-state index in [-0.39, 0.29) is 12.8 Å². The van der Waals surface area contributed by atoms with Crippen LogP contribution in [0.3, 0.4) is 0 Å². The van der Waals surface area contributed by atoms with Crippen LogP contribution < -0.4 is 0 Å². The van der Waals surface area contributed by atoms with E-state index < -0.39 is 12.5 Å². The number of aliphatic hydroxyl groups is 1. The minimum atomic E-state index is -2.67. The van der Waals surface area contributed by atoms with Crippen LogP contribution in [0.25, 0.3) is 0 Å². The highest BCUT2D eigenvalue weighted by Gasteiger charge is 2.14. The third-order valence-electron chi connectivity index (χ3n) is 0.875. The van der Waals surface area contributed by atoms with Gasteiger partial charge in [0.05, 0.1) is 0 Å². The van der Waals surface area contributed by atoms with Crippen molar-refractivity contribution in [2.75, 3.05) is 0 Å². The van der Waals surface area contributed by atoms with E-state index in [2.05, 4.69) is 5.92 Å². The topological polar surface area (TPSA) is 20.2 Å². The molecule has 0 aromatic heterocycles. The maximum absolute atomic E-state index is 11.4. The van der Waals surface area contributed by atoms with E-state index in [1.807, 2.05) is 0 Å². The summed E-state index contributed by atoms with van der Waals surface area (Å²) in [6.45, 7) is 0. The van der Waals surface area contributed by atoms with Crippen LogP contribution >= 0.6 is 0 Å². The summed E-state index contributed by atoms with van der Waals surface area (Å²) in [6, 6.07) is 0. The van der Waals surface area contributed by atoms with Crippen LogP contribution in [0.2, 0.25) is 0 Å². The quantitative estimate of drug-likeness (QED) is 0.571. The molecule has 0 fully saturated rings. The Bertz CT molecular complexity index is 106. The SMILES string of the molecule is C#CCCC(O)C(F)F. The molecule has 0 rings (SSSR count). The van der Waals surface area contributed by atoms with Crippen molar-refractivity contribution in [2.24, 2.45) is 0 Å². The maximum Gasteiger partial charge on any atom is 0.264 e. The van der Waals surface area contributed by atoms with Crippen molar-refractivity contribution >= 4 is 0 Å². The summed E-state index contributed by atoms with van der Waals surface area (Å²) in [5.74, 6) is 2.16. The van der Waals surface area contributed by atoms with Crippen molar-refractivity contribution in [3.05, 3.63) is 0 Å². The van der Waals surface area contributed by atoms with Crippen LogP contribution in [0.15, 0.2) is 0 Å². The Kier molecular flexibility index (Phi) is 3.98. The van der Waals surface area contributed by atoms with Crippen molar-refractivity contribution in [3.8, 4) is 12.3 Å². The molecule has 1 nitrogen and oxygen atoms in total. The van der Waals surface area contributed by atoms with E-state index in [0.717, 1.165) is 0 Å². The Morgan fingerprint density at radius 1 is 1.56 bits per heavy atom. The molecular formula is C6H8F2O. The van der Waals surface area contributed by atoms with Crippen LogP contribution in [0.5, 0.6) is 0 Å². The third kappa shape index (κ3) is 3.92. The number of aliphatic hydroxyl groups excluding tert-OH is 1. The summed E-state index contributed by atoms with van der Waals surface area (Å²) in [4.78, 5) is 0. The molecule has 9 heavy (non-hydrogen) atoms. The van der Waals surface area contributed by atoms with Gasteiger partial charge in [-0.3, -0.25) is 0 Å². The predicted molar refractivity (Wildman–Crippen MR) is 30.1 cm³/mol. The van der Waals surface area contributed by atoms with E-state index >= 15 is 0 Å². The normalized spacial score (nSPS) is 13.2. The molecule has 0 aliphatic rings. The number of halogens is 2. The Labute approximate surface area is 52.7 Å². The minimum absolute atomic E-state index is 0.0197. The molecule has 0 amide bonds. The molecule has 0 aliphatic carbocycles. The van der Waals surface area contributed by atoms with E-state index in [9.17, 15) is 8.78 Å². The van der Waals surface area contributed by atoms with Crippen LogP contribution in [-0.4, -0.2) is 17.6 Å². The smallest absolute Gasteiger partial charge is 0.264 e. The highest BCUT2D eigenvalue weighted by atomic mass is 19.3. The monoisotopic (exact) mass is 134 g/mol. The zero-order valence-corrected chi connectivity index (χ0v) is 4.85. The maximum atomic E-state index is 11.4. The van der Waals surface area contributed by atoms with Crippen molar-refractivity contribution in [1.29, 1.82) is 0 Å². The van der Waals surface area contributed by atoms with Gasteiger partial charge in [0, 0.05) is 6.42 Å².